The highest BCUT2D eigenvalue weighted by atomic mass is 35.5. The average molecular weight is 353 g/mol. The van der Waals surface area contributed by atoms with Gasteiger partial charge in [0, 0.05) is 18.1 Å². The van der Waals surface area contributed by atoms with E-state index in [4.69, 9.17) is 28.3 Å². The van der Waals surface area contributed by atoms with Crippen molar-refractivity contribution in [2.45, 2.75) is 25.7 Å². The van der Waals surface area contributed by atoms with Crippen LogP contribution in [-0.4, -0.2) is 32.3 Å². The van der Waals surface area contributed by atoms with E-state index in [2.05, 4.69) is 0 Å². The maximum absolute atomic E-state index is 12.5. The quantitative estimate of drug-likeness (QED) is 0.884. The Morgan fingerprint density at radius 2 is 1.90 bits per heavy atom. The van der Waals surface area contributed by atoms with E-state index >= 15 is 0 Å². The van der Waals surface area contributed by atoms with Crippen LogP contribution >= 0.6 is 23.2 Å². The second-order valence-corrected chi connectivity index (χ2v) is 7.39. The minimum Gasteiger partial charge on any atom is -0.339 e. The first-order valence-corrected chi connectivity index (χ1v) is 8.69. The second kappa shape index (κ2) is 6.96. The van der Waals surface area contributed by atoms with Gasteiger partial charge in [0.1, 0.15) is 4.90 Å². The lowest BCUT2D eigenvalue weighted by Crippen LogP contribution is -2.34. The standard InChI is InChI=1S/C13H18Cl2N2O3S/c1-4-17(7-8(2)3)13(18)10-5-9(14)6-11(12(10)15)21(16,19)20/h5-6,8H,4,7H2,1-3H3,(H2,16,19,20). The van der Waals surface area contributed by atoms with Crippen LogP contribution in [0.5, 0.6) is 0 Å². The van der Waals surface area contributed by atoms with Crippen LogP contribution in [-0.2, 0) is 10.0 Å². The van der Waals surface area contributed by atoms with Gasteiger partial charge in [0.05, 0.1) is 10.6 Å². The van der Waals surface area contributed by atoms with Gasteiger partial charge in [-0.25, -0.2) is 13.6 Å². The van der Waals surface area contributed by atoms with Crippen LogP contribution in [0.2, 0.25) is 10.0 Å². The fourth-order valence-corrected chi connectivity index (χ4v) is 3.34. The lowest BCUT2D eigenvalue weighted by atomic mass is 10.1. The number of hydrogen-bond donors (Lipinski definition) is 1. The Kier molecular flexibility index (Phi) is 6.04. The number of amides is 1. The molecule has 21 heavy (non-hydrogen) atoms. The molecule has 0 heterocycles. The van der Waals surface area contributed by atoms with Gasteiger partial charge in [-0.05, 0) is 25.0 Å². The molecule has 118 valence electrons. The number of rotatable bonds is 5. The second-order valence-electron chi connectivity index (χ2n) is 5.05. The number of benzene rings is 1. The highest BCUT2D eigenvalue weighted by molar-refractivity contribution is 7.89. The van der Waals surface area contributed by atoms with Crippen LogP contribution in [0.1, 0.15) is 31.1 Å². The van der Waals surface area contributed by atoms with Gasteiger partial charge in [-0.3, -0.25) is 4.79 Å². The predicted octanol–water partition coefficient (Wildman–Crippen LogP) is 2.76. The summed E-state index contributed by atoms with van der Waals surface area (Å²) in [6.45, 7) is 6.79. The van der Waals surface area contributed by atoms with Gasteiger partial charge in [-0.2, -0.15) is 0 Å². The largest absolute Gasteiger partial charge is 0.339 e. The molecule has 0 aliphatic rings. The molecule has 0 fully saturated rings. The summed E-state index contributed by atoms with van der Waals surface area (Å²) < 4.78 is 23.0. The van der Waals surface area contributed by atoms with Crippen molar-refractivity contribution in [1.29, 1.82) is 0 Å². The molecule has 0 saturated heterocycles. The zero-order valence-corrected chi connectivity index (χ0v) is 14.4. The topological polar surface area (TPSA) is 80.5 Å². The molecule has 0 aliphatic carbocycles. The molecule has 1 aromatic rings. The molecule has 0 spiro atoms. The third-order valence-corrected chi connectivity index (χ3v) is 4.47. The summed E-state index contributed by atoms with van der Waals surface area (Å²) in [4.78, 5) is 13.7. The summed E-state index contributed by atoms with van der Waals surface area (Å²) in [5, 5.41) is 4.98. The maximum Gasteiger partial charge on any atom is 0.255 e. The molecule has 0 aromatic heterocycles. The van der Waals surface area contributed by atoms with Crippen LogP contribution in [0.15, 0.2) is 17.0 Å². The van der Waals surface area contributed by atoms with E-state index in [1.807, 2.05) is 20.8 Å². The number of halogens is 2. The molecule has 1 rings (SSSR count). The number of sulfonamides is 1. The predicted molar refractivity (Wildman–Crippen MR) is 84.3 cm³/mol. The lowest BCUT2D eigenvalue weighted by Gasteiger charge is -2.24. The molecule has 1 aromatic carbocycles. The van der Waals surface area contributed by atoms with E-state index in [9.17, 15) is 13.2 Å². The normalized spacial score (nSPS) is 11.8. The summed E-state index contributed by atoms with van der Waals surface area (Å²) in [7, 11) is -4.05. The number of nitrogens with two attached hydrogens (primary N) is 1. The molecule has 0 atom stereocenters. The highest BCUT2D eigenvalue weighted by Gasteiger charge is 2.24. The van der Waals surface area contributed by atoms with Crippen molar-refractivity contribution < 1.29 is 13.2 Å². The average Bonchev–Trinajstić information content (AvgIpc) is 2.36. The smallest absolute Gasteiger partial charge is 0.255 e. The Bertz CT molecular complexity index is 645. The van der Waals surface area contributed by atoms with Gasteiger partial charge >= 0.3 is 0 Å². The zero-order chi connectivity index (χ0) is 16.4. The van der Waals surface area contributed by atoms with Crippen molar-refractivity contribution >= 4 is 39.1 Å². The van der Waals surface area contributed by atoms with Gasteiger partial charge < -0.3 is 4.90 Å². The van der Waals surface area contributed by atoms with Crippen LogP contribution in [0.4, 0.5) is 0 Å². The van der Waals surface area contributed by atoms with Gasteiger partial charge in [0.25, 0.3) is 5.91 Å². The van der Waals surface area contributed by atoms with Crippen LogP contribution in [0, 0.1) is 5.92 Å². The van der Waals surface area contributed by atoms with E-state index < -0.39 is 10.0 Å². The summed E-state index contributed by atoms with van der Waals surface area (Å²) in [6.07, 6.45) is 0. The minimum atomic E-state index is -4.05. The van der Waals surface area contributed by atoms with Crippen molar-refractivity contribution in [3.63, 3.8) is 0 Å². The van der Waals surface area contributed by atoms with Gasteiger partial charge in [-0.15, -0.1) is 0 Å². The van der Waals surface area contributed by atoms with E-state index in [1.165, 1.54) is 6.07 Å². The van der Waals surface area contributed by atoms with Gasteiger partial charge in [-0.1, -0.05) is 37.0 Å². The van der Waals surface area contributed by atoms with Crippen molar-refractivity contribution in [2.24, 2.45) is 11.1 Å². The molecule has 0 bridgehead atoms. The highest BCUT2D eigenvalue weighted by Crippen LogP contribution is 2.29. The molecule has 5 nitrogen and oxygen atoms in total. The summed E-state index contributed by atoms with van der Waals surface area (Å²) in [6, 6.07) is 2.48. The fourth-order valence-electron chi connectivity index (χ4n) is 1.89. The summed E-state index contributed by atoms with van der Waals surface area (Å²) >= 11 is 11.9. The SMILES string of the molecule is CCN(CC(C)C)C(=O)c1cc(Cl)cc(S(N)(=O)=O)c1Cl. The molecule has 8 heteroatoms. The van der Waals surface area contributed by atoms with Gasteiger partial charge in [0.2, 0.25) is 10.0 Å². The fraction of sp³-hybridized carbons (Fsp3) is 0.462. The maximum atomic E-state index is 12.5. The molecule has 0 saturated carbocycles. The Morgan fingerprint density at radius 3 is 2.33 bits per heavy atom. The van der Waals surface area contributed by atoms with E-state index in [1.54, 1.807) is 4.90 Å². The summed E-state index contributed by atoms with van der Waals surface area (Å²) in [5.41, 5.74) is 0.0377. The zero-order valence-electron chi connectivity index (χ0n) is 12.1. The van der Waals surface area contributed by atoms with Crippen LogP contribution in [0.25, 0.3) is 0 Å². The number of carbonyl (C=O) groups excluding carboxylic acids is 1. The molecule has 2 N–H and O–H groups in total. The first-order valence-electron chi connectivity index (χ1n) is 6.39. The van der Waals surface area contributed by atoms with Gasteiger partial charge in [0.15, 0.2) is 0 Å². The third-order valence-electron chi connectivity index (χ3n) is 2.80. The summed E-state index contributed by atoms with van der Waals surface area (Å²) in [5.74, 6) is -0.104. The molecule has 0 radical (unpaired) electrons. The Labute approximate surface area is 135 Å². The molecule has 0 unspecified atom stereocenters. The third kappa shape index (κ3) is 4.57. The first-order chi connectivity index (χ1) is 9.57. The Morgan fingerprint density at radius 1 is 1.33 bits per heavy atom. The number of primary sulfonamides is 1. The molecule has 1 amide bonds. The number of hydrogen-bond acceptors (Lipinski definition) is 3. The van der Waals surface area contributed by atoms with E-state index in [-0.39, 0.29) is 32.3 Å². The minimum absolute atomic E-state index is 0.0377. The van der Waals surface area contributed by atoms with Crippen molar-refractivity contribution in [3.05, 3.63) is 27.7 Å². The van der Waals surface area contributed by atoms with E-state index in [0.29, 0.717) is 13.1 Å². The molecular formula is C13H18Cl2N2O3S. The van der Waals surface area contributed by atoms with Crippen LogP contribution in [0.3, 0.4) is 0 Å². The number of nitrogens with zero attached hydrogens (tertiary/aromatic N) is 1. The molecular weight excluding hydrogens is 335 g/mol. The Hall–Kier alpha value is -0.820. The molecule has 0 aliphatic heterocycles. The lowest BCUT2D eigenvalue weighted by molar-refractivity contribution is 0.0745. The number of carbonyl (C=O) groups is 1. The van der Waals surface area contributed by atoms with Crippen molar-refractivity contribution in [2.75, 3.05) is 13.1 Å². The first kappa shape index (κ1) is 18.2. The van der Waals surface area contributed by atoms with Crippen LogP contribution < -0.4 is 5.14 Å². The van der Waals surface area contributed by atoms with Crippen molar-refractivity contribution in [3.8, 4) is 0 Å². The Balaban J connectivity index is 3.36. The van der Waals surface area contributed by atoms with Crippen molar-refractivity contribution in [1.82, 2.24) is 4.90 Å². The van der Waals surface area contributed by atoms with E-state index in [0.717, 1.165) is 6.07 Å². The monoisotopic (exact) mass is 352 g/mol.